The maximum absolute atomic E-state index is 12.6. The lowest BCUT2D eigenvalue weighted by Crippen LogP contribution is -2.46. The first-order chi connectivity index (χ1) is 14.1. The molecule has 1 aliphatic rings. The molecule has 1 saturated heterocycles. The predicted molar refractivity (Wildman–Crippen MR) is 114 cm³/mol. The minimum atomic E-state index is -0.498. The van der Waals surface area contributed by atoms with Crippen molar-refractivity contribution in [1.29, 1.82) is 0 Å². The van der Waals surface area contributed by atoms with Crippen LogP contribution in [0.3, 0.4) is 0 Å². The molecule has 0 aliphatic carbocycles. The molecule has 0 bridgehead atoms. The Labute approximate surface area is 172 Å². The summed E-state index contributed by atoms with van der Waals surface area (Å²) in [4.78, 5) is 29.0. The van der Waals surface area contributed by atoms with Crippen LogP contribution in [0.4, 0.5) is 10.5 Å². The summed E-state index contributed by atoms with van der Waals surface area (Å²) in [5.74, 6) is 0.0643. The number of amides is 1. The number of Topliss-reactive ketones (excluding diaryl/α,β-unsaturated/α-hetero) is 1. The topological polar surface area (TPSA) is 61.9 Å². The van der Waals surface area contributed by atoms with E-state index in [-0.39, 0.29) is 5.78 Å². The van der Waals surface area contributed by atoms with Crippen LogP contribution in [0.5, 0.6) is 0 Å². The number of carbonyl (C=O) groups excluding carboxylic acids is 2. The third-order valence-electron chi connectivity index (χ3n) is 5.08. The summed E-state index contributed by atoms with van der Waals surface area (Å²) in [6, 6.07) is 17.1. The van der Waals surface area contributed by atoms with Crippen molar-refractivity contribution in [3.8, 4) is 0 Å². The van der Waals surface area contributed by atoms with E-state index in [2.05, 4.69) is 34.3 Å². The molecule has 154 valence electrons. The summed E-state index contributed by atoms with van der Waals surface area (Å²) in [6.07, 6.45) is 1.13. The molecule has 0 radical (unpaired) electrons. The normalized spacial score (nSPS) is 15.1. The number of nitrogens with one attached hydrogen (secondary N) is 1. The van der Waals surface area contributed by atoms with E-state index in [9.17, 15) is 9.59 Å². The quantitative estimate of drug-likeness (QED) is 0.549. The highest BCUT2D eigenvalue weighted by atomic mass is 16.5. The van der Waals surface area contributed by atoms with Gasteiger partial charge in [0.15, 0.2) is 5.78 Å². The van der Waals surface area contributed by atoms with E-state index in [0.29, 0.717) is 24.4 Å². The lowest BCUT2D eigenvalue weighted by Gasteiger charge is -2.31. The third kappa shape index (κ3) is 7.00. The van der Waals surface area contributed by atoms with Gasteiger partial charge in [-0.25, -0.2) is 4.79 Å². The molecule has 2 aromatic carbocycles. The molecule has 2 aromatic rings. The summed E-state index contributed by atoms with van der Waals surface area (Å²) in [5.41, 5.74) is 2.40. The van der Waals surface area contributed by atoms with Crippen LogP contribution >= 0.6 is 0 Å². The zero-order chi connectivity index (χ0) is 20.5. The van der Waals surface area contributed by atoms with Gasteiger partial charge in [-0.2, -0.15) is 0 Å². The van der Waals surface area contributed by atoms with Gasteiger partial charge in [0.25, 0.3) is 0 Å². The molecule has 1 aliphatic heterocycles. The number of benzene rings is 2. The molecule has 0 spiro atoms. The highest BCUT2D eigenvalue weighted by molar-refractivity contribution is 5.99. The molecule has 0 unspecified atom stereocenters. The molecular weight excluding hydrogens is 366 g/mol. The average Bonchev–Trinajstić information content (AvgIpc) is 2.74. The van der Waals surface area contributed by atoms with Gasteiger partial charge in [-0.3, -0.25) is 15.0 Å². The Bertz CT molecular complexity index is 802. The SMILES string of the molecule is CN1CCN(CC(=O)c2cccc(NC(=O)OCCCc3ccccc3)c2)CC1. The van der Waals surface area contributed by atoms with Gasteiger partial charge in [0, 0.05) is 37.4 Å². The fourth-order valence-electron chi connectivity index (χ4n) is 3.31. The van der Waals surface area contributed by atoms with Gasteiger partial charge in [0.1, 0.15) is 0 Å². The lowest BCUT2D eigenvalue weighted by molar-refractivity contribution is 0.0876. The Hall–Kier alpha value is -2.70. The number of likely N-dealkylation sites (N-methyl/N-ethyl adjacent to an activating group) is 1. The minimum Gasteiger partial charge on any atom is -0.449 e. The molecule has 0 saturated carbocycles. The van der Waals surface area contributed by atoms with Crippen molar-refractivity contribution in [2.24, 2.45) is 0 Å². The molecule has 6 nitrogen and oxygen atoms in total. The van der Waals surface area contributed by atoms with E-state index >= 15 is 0 Å². The van der Waals surface area contributed by atoms with E-state index in [0.717, 1.165) is 39.0 Å². The summed E-state index contributed by atoms with van der Waals surface area (Å²) < 4.78 is 5.25. The Morgan fingerprint density at radius 2 is 1.76 bits per heavy atom. The number of rotatable bonds is 8. The van der Waals surface area contributed by atoms with Crippen molar-refractivity contribution in [3.05, 3.63) is 65.7 Å². The maximum atomic E-state index is 12.6. The Balaban J connectivity index is 1.42. The molecule has 1 heterocycles. The van der Waals surface area contributed by atoms with Crippen LogP contribution in [0.25, 0.3) is 0 Å². The van der Waals surface area contributed by atoms with E-state index in [1.165, 1.54) is 5.56 Å². The number of piperazine rings is 1. The molecule has 29 heavy (non-hydrogen) atoms. The number of anilines is 1. The molecule has 6 heteroatoms. The van der Waals surface area contributed by atoms with Gasteiger partial charge < -0.3 is 9.64 Å². The lowest BCUT2D eigenvalue weighted by atomic mass is 10.1. The number of hydrogen-bond donors (Lipinski definition) is 1. The number of nitrogens with zero attached hydrogens (tertiary/aromatic N) is 2. The highest BCUT2D eigenvalue weighted by Crippen LogP contribution is 2.13. The third-order valence-corrected chi connectivity index (χ3v) is 5.08. The van der Waals surface area contributed by atoms with Crippen molar-refractivity contribution < 1.29 is 14.3 Å². The fourth-order valence-corrected chi connectivity index (χ4v) is 3.31. The van der Waals surface area contributed by atoms with E-state index in [1.54, 1.807) is 24.3 Å². The minimum absolute atomic E-state index is 0.0643. The molecule has 1 fully saturated rings. The van der Waals surface area contributed by atoms with Gasteiger partial charge in [-0.1, -0.05) is 42.5 Å². The number of carbonyl (C=O) groups is 2. The number of ether oxygens (including phenoxy) is 1. The molecule has 3 rings (SSSR count). The van der Waals surface area contributed by atoms with Gasteiger partial charge in [-0.15, -0.1) is 0 Å². The number of hydrogen-bond acceptors (Lipinski definition) is 5. The van der Waals surface area contributed by atoms with Crippen LogP contribution in [0.15, 0.2) is 54.6 Å². The van der Waals surface area contributed by atoms with E-state index in [1.807, 2.05) is 18.2 Å². The first-order valence-electron chi connectivity index (χ1n) is 10.1. The van der Waals surface area contributed by atoms with E-state index < -0.39 is 6.09 Å². The largest absolute Gasteiger partial charge is 0.449 e. The predicted octanol–water partition coefficient (Wildman–Crippen LogP) is 3.30. The van der Waals surface area contributed by atoms with Crippen molar-refractivity contribution in [2.75, 3.05) is 51.7 Å². The molecule has 1 amide bonds. The van der Waals surface area contributed by atoms with Crippen LogP contribution in [0.1, 0.15) is 22.3 Å². The second kappa shape index (κ2) is 10.7. The van der Waals surface area contributed by atoms with Gasteiger partial charge in [0.2, 0.25) is 0 Å². The molecule has 0 atom stereocenters. The second-order valence-corrected chi connectivity index (χ2v) is 7.43. The maximum Gasteiger partial charge on any atom is 0.411 e. The zero-order valence-corrected chi connectivity index (χ0v) is 17.0. The zero-order valence-electron chi connectivity index (χ0n) is 17.0. The van der Waals surface area contributed by atoms with Crippen molar-refractivity contribution in [1.82, 2.24) is 9.80 Å². The van der Waals surface area contributed by atoms with Gasteiger partial charge in [0.05, 0.1) is 13.2 Å². The van der Waals surface area contributed by atoms with Crippen LogP contribution in [-0.4, -0.2) is 68.1 Å². The number of aryl methyl sites for hydroxylation is 1. The first-order valence-corrected chi connectivity index (χ1v) is 10.1. The van der Waals surface area contributed by atoms with Crippen molar-refractivity contribution in [2.45, 2.75) is 12.8 Å². The van der Waals surface area contributed by atoms with Crippen LogP contribution < -0.4 is 5.32 Å². The smallest absolute Gasteiger partial charge is 0.411 e. The average molecular weight is 396 g/mol. The summed E-state index contributed by atoms with van der Waals surface area (Å²) in [6.45, 7) is 4.50. The molecule has 1 N–H and O–H groups in total. The van der Waals surface area contributed by atoms with E-state index in [4.69, 9.17) is 4.74 Å². The van der Waals surface area contributed by atoms with Crippen LogP contribution in [0.2, 0.25) is 0 Å². The second-order valence-electron chi connectivity index (χ2n) is 7.43. The van der Waals surface area contributed by atoms with Gasteiger partial charge >= 0.3 is 6.09 Å². The highest BCUT2D eigenvalue weighted by Gasteiger charge is 2.17. The first kappa shape index (κ1) is 21.0. The Morgan fingerprint density at radius 1 is 1.00 bits per heavy atom. The van der Waals surface area contributed by atoms with Crippen molar-refractivity contribution in [3.63, 3.8) is 0 Å². The Kier molecular flexibility index (Phi) is 7.78. The number of ketones is 1. The van der Waals surface area contributed by atoms with Crippen LogP contribution in [0, 0.1) is 0 Å². The summed E-state index contributed by atoms with van der Waals surface area (Å²) in [7, 11) is 2.09. The fraction of sp³-hybridized carbons (Fsp3) is 0.391. The molecule has 0 aromatic heterocycles. The monoisotopic (exact) mass is 395 g/mol. The van der Waals surface area contributed by atoms with Crippen molar-refractivity contribution >= 4 is 17.6 Å². The standard InChI is InChI=1S/C23H29N3O3/c1-25-12-14-26(15-13-25)18-22(27)20-10-5-11-21(17-20)24-23(28)29-16-6-9-19-7-3-2-4-8-19/h2-5,7-8,10-11,17H,6,9,12-16,18H2,1H3,(H,24,28). The molecular formula is C23H29N3O3. The van der Waals surface area contributed by atoms with Crippen LogP contribution in [-0.2, 0) is 11.2 Å². The summed E-state index contributed by atoms with van der Waals surface area (Å²) >= 11 is 0. The Morgan fingerprint density at radius 3 is 2.52 bits per heavy atom. The van der Waals surface area contributed by atoms with Gasteiger partial charge in [-0.05, 0) is 37.6 Å². The summed E-state index contributed by atoms with van der Waals surface area (Å²) in [5, 5.41) is 2.71.